The van der Waals surface area contributed by atoms with Crippen molar-refractivity contribution in [1.29, 1.82) is 0 Å². The van der Waals surface area contributed by atoms with Crippen molar-refractivity contribution in [1.82, 2.24) is 0 Å². The van der Waals surface area contributed by atoms with Gasteiger partial charge in [-0.25, -0.2) is 5.01 Å². The Morgan fingerprint density at radius 3 is 2.71 bits per heavy atom. The monoisotopic (exact) mass is 229 g/mol. The summed E-state index contributed by atoms with van der Waals surface area (Å²) in [6.07, 6.45) is 4.19. The number of anilines is 2. The van der Waals surface area contributed by atoms with E-state index in [1.807, 2.05) is 12.1 Å². The lowest BCUT2D eigenvalue weighted by Crippen LogP contribution is -2.28. The number of nitrogen functional groups attached to an aromatic ring is 1. The molecule has 0 aromatic heterocycles. The molecule has 1 atom stereocenters. The molecule has 0 bridgehead atoms. The average molecular weight is 229 g/mol. The van der Waals surface area contributed by atoms with E-state index in [9.17, 15) is 4.79 Å². The first-order chi connectivity index (χ1) is 8.25. The molecule has 1 saturated carbocycles. The summed E-state index contributed by atoms with van der Waals surface area (Å²) in [5.74, 6) is 0.144. The Kier molecular flexibility index (Phi) is 2.35. The van der Waals surface area contributed by atoms with E-state index in [2.05, 4.69) is 5.10 Å². The highest BCUT2D eigenvalue weighted by Gasteiger charge is 2.37. The van der Waals surface area contributed by atoms with E-state index in [1.54, 1.807) is 12.1 Å². The number of rotatable bonds is 1. The van der Waals surface area contributed by atoms with Gasteiger partial charge in [0.15, 0.2) is 0 Å². The lowest BCUT2D eigenvalue weighted by atomic mass is 9.87. The molecule has 0 saturated heterocycles. The van der Waals surface area contributed by atoms with Crippen molar-refractivity contribution < 1.29 is 4.79 Å². The molecule has 3 rings (SSSR count). The molecule has 1 unspecified atom stereocenters. The fourth-order valence-corrected chi connectivity index (χ4v) is 2.51. The first-order valence-electron chi connectivity index (χ1n) is 6.02. The lowest BCUT2D eigenvalue weighted by molar-refractivity contribution is -0.120. The molecule has 17 heavy (non-hydrogen) atoms. The van der Waals surface area contributed by atoms with Crippen molar-refractivity contribution in [3.05, 3.63) is 24.3 Å². The number of hydrogen-bond donors (Lipinski definition) is 1. The van der Waals surface area contributed by atoms with E-state index < -0.39 is 0 Å². The van der Waals surface area contributed by atoms with Gasteiger partial charge in [-0.15, -0.1) is 0 Å². The second kappa shape index (κ2) is 3.87. The largest absolute Gasteiger partial charge is 0.399 e. The van der Waals surface area contributed by atoms with Gasteiger partial charge in [0.25, 0.3) is 5.91 Å². The minimum absolute atomic E-state index is 0.0290. The predicted molar refractivity (Wildman–Crippen MR) is 67.7 cm³/mol. The number of fused-ring (bicyclic) bond motifs is 1. The molecule has 2 aliphatic rings. The zero-order valence-corrected chi connectivity index (χ0v) is 9.60. The smallest absolute Gasteiger partial charge is 0.256 e. The van der Waals surface area contributed by atoms with Crippen molar-refractivity contribution in [3.63, 3.8) is 0 Å². The summed E-state index contributed by atoms with van der Waals surface area (Å²) in [5, 5.41) is 5.98. The summed E-state index contributed by atoms with van der Waals surface area (Å²) < 4.78 is 0. The molecule has 1 amide bonds. The maximum atomic E-state index is 12.2. The van der Waals surface area contributed by atoms with Gasteiger partial charge in [-0.3, -0.25) is 4.79 Å². The molecule has 4 nitrogen and oxygen atoms in total. The number of benzene rings is 1. The number of carbonyl (C=O) groups is 1. The van der Waals surface area contributed by atoms with Gasteiger partial charge >= 0.3 is 0 Å². The van der Waals surface area contributed by atoms with E-state index in [0.717, 1.165) is 37.1 Å². The van der Waals surface area contributed by atoms with Crippen LogP contribution in [0.4, 0.5) is 11.4 Å². The highest BCUT2D eigenvalue weighted by Crippen LogP contribution is 2.32. The first kappa shape index (κ1) is 10.3. The molecule has 0 spiro atoms. The molecule has 1 aromatic rings. The van der Waals surface area contributed by atoms with Gasteiger partial charge in [0.05, 0.1) is 17.3 Å². The molecule has 4 heteroatoms. The van der Waals surface area contributed by atoms with E-state index >= 15 is 0 Å². The zero-order chi connectivity index (χ0) is 11.8. The van der Waals surface area contributed by atoms with Crippen LogP contribution in [0.3, 0.4) is 0 Å². The van der Waals surface area contributed by atoms with Crippen LogP contribution in [0.25, 0.3) is 0 Å². The predicted octanol–water partition coefficient (Wildman–Crippen LogP) is 2.16. The second-order valence-electron chi connectivity index (χ2n) is 4.63. The van der Waals surface area contributed by atoms with Crippen molar-refractivity contribution in [2.45, 2.75) is 25.7 Å². The minimum atomic E-state index is 0.0290. The number of nitrogens with zero attached hydrogens (tertiary/aromatic N) is 2. The van der Waals surface area contributed by atoms with Crippen LogP contribution < -0.4 is 10.7 Å². The van der Waals surface area contributed by atoms with Crippen molar-refractivity contribution in [2.75, 3.05) is 10.7 Å². The van der Waals surface area contributed by atoms with Gasteiger partial charge in [0.2, 0.25) is 0 Å². The fraction of sp³-hybridized carbons (Fsp3) is 0.385. The van der Waals surface area contributed by atoms with Crippen LogP contribution in [0.2, 0.25) is 0 Å². The Labute approximate surface area is 100 Å². The lowest BCUT2D eigenvalue weighted by Gasteiger charge is -2.16. The third-order valence-corrected chi connectivity index (χ3v) is 3.45. The van der Waals surface area contributed by atoms with Crippen LogP contribution in [0.5, 0.6) is 0 Å². The fourth-order valence-electron chi connectivity index (χ4n) is 2.51. The molecule has 0 radical (unpaired) electrons. The Bertz CT molecular complexity index is 478. The van der Waals surface area contributed by atoms with Crippen molar-refractivity contribution in [3.8, 4) is 0 Å². The van der Waals surface area contributed by atoms with Crippen molar-refractivity contribution in [2.24, 2.45) is 11.0 Å². The number of nitrogens with two attached hydrogens (primary N) is 1. The molecular formula is C13H15N3O. The molecule has 1 aliphatic heterocycles. The number of carbonyl (C=O) groups excluding carboxylic acids is 1. The van der Waals surface area contributed by atoms with Crippen LogP contribution in [-0.4, -0.2) is 11.6 Å². The quantitative estimate of drug-likeness (QED) is 0.750. The van der Waals surface area contributed by atoms with Crippen LogP contribution in [-0.2, 0) is 4.79 Å². The van der Waals surface area contributed by atoms with Crippen LogP contribution in [0.1, 0.15) is 25.7 Å². The second-order valence-corrected chi connectivity index (χ2v) is 4.63. The third kappa shape index (κ3) is 1.69. The van der Waals surface area contributed by atoms with Crippen LogP contribution in [0.15, 0.2) is 29.4 Å². The van der Waals surface area contributed by atoms with E-state index in [-0.39, 0.29) is 11.8 Å². The topological polar surface area (TPSA) is 58.7 Å². The summed E-state index contributed by atoms with van der Waals surface area (Å²) in [4.78, 5) is 12.2. The van der Waals surface area contributed by atoms with Gasteiger partial charge in [0, 0.05) is 5.69 Å². The number of hydrazone groups is 1. The zero-order valence-electron chi connectivity index (χ0n) is 9.60. The maximum absolute atomic E-state index is 12.2. The van der Waals surface area contributed by atoms with Crippen LogP contribution >= 0.6 is 0 Å². The van der Waals surface area contributed by atoms with Gasteiger partial charge < -0.3 is 5.73 Å². The Balaban J connectivity index is 1.92. The molecule has 1 fully saturated rings. The average Bonchev–Trinajstić information content (AvgIpc) is 2.69. The molecule has 1 aromatic carbocycles. The van der Waals surface area contributed by atoms with Gasteiger partial charge in [0.1, 0.15) is 0 Å². The van der Waals surface area contributed by atoms with Crippen molar-refractivity contribution >= 4 is 23.0 Å². The standard InChI is InChI=1S/C13H15N3O/c14-9-5-7-10(8-6-9)16-13(17)11-3-1-2-4-12(11)15-16/h5-8,11H,1-4,14H2. The molecule has 2 N–H and O–H groups in total. The van der Waals surface area contributed by atoms with E-state index in [1.165, 1.54) is 5.01 Å². The summed E-state index contributed by atoms with van der Waals surface area (Å²) in [6.45, 7) is 0. The summed E-state index contributed by atoms with van der Waals surface area (Å²) in [6, 6.07) is 7.28. The Morgan fingerprint density at radius 1 is 1.24 bits per heavy atom. The molecule has 88 valence electrons. The van der Waals surface area contributed by atoms with Gasteiger partial charge in [-0.2, -0.15) is 5.10 Å². The normalized spacial score (nSPS) is 23.5. The third-order valence-electron chi connectivity index (χ3n) is 3.45. The number of hydrogen-bond acceptors (Lipinski definition) is 3. The highest BCUT2D eigenvalue weighted by molar-refractivity contribution is 6.15. The Morgan fingerprint density at radius 2 is 2.00 bits per heavy atom. The highest BCUT2D eigenvalue weighted by atomic mass is 16.2. The van der Waals surface area contributed by atoms with Crippen LogP contribution in [0, 0.1) is 5.92 Å². The van der Waals surface area contributed by atoms with Gasteiger partial charge in [-0.1, -0.05) is 6.42 Å². The number of amides is 1. The molecular weight excluding hydrogens is 214 g/mol. The summed E-state index contributed by atoms with van der Waals surface area (Å²) in [5.41, 5.74) is 8.20. The summed E-state index contributed by atoms with van der Waals surface area (Å²) in [7, 11) is 0. The molecule has 1 heterocycles. The Hall–Kier alpha value is -1.84. The maximum Gasteiger partial charge on any atom is 0.256 e. The SMILES string of the molecule is Nc1ccc(N2N=C3CCCCC3C2=O)cc1. The van der Waals surface area contributed by atoms with E-state index in [4.69, 9.17) is 5.73 Å². The van der Waals surface area contributed by atoms with E-state index in [0.29, 0.717) is 5.69 Å². The first-order valence-corrected chi connectivity index (χ1v) is 6.02. The summed E-state index contributed by atoms with van der Waals surface area (Å²) >= 11 is 0. The minimum Gasteiger partial charge on any atom is -0.399 e. The molecule has 1 aliphatic carbocycles. The van der Waals surface area contributed by atoms with Gasteiger partial charge in [-0.05, 0) is 43.5 Å².